The maximum atomic E-state index is 6.17. The predicted octanol–water partition coefficient (Wildman–Crippen LogP) is 3.15. The standard InChI is InChI=1S/C21H34N6OS.HI/c1-3-16-23-20(29-25-16)27-12-10-26(11-13-27)19(22-4-2)24-17-15-7-14-28-18(15)21(17)8-5-6-9-21;/h15,17-18H,3-14H2,1-2H3,(H,22,24);1H. The van der Waals surface area contributed by atoms with Gasteiger partial charge in [0.15, 0.2) is 5.96 Å². The zero-order valence-electron chi connectivity index (χ0n) is 18.2. The molecule has 4 aliphatic rings. The van der Waals surface area contributed by atoms with Gasteiger partial charge in [0, 0.05) is 74.7 Å². The van der Waals surface area contributed by atoms with Crippen molar-refractivity contribution in [3.05, 3.63) is 5.82 Å². The summed E-state index contributed by atoms with van der Waals surface area (Å²) in [6, 6.07) is 0.538. The molecular weight excluding hydrogens is 511 g/mol. The van der Waals surface area contributed by atoms with Crippen molar-refractivity contribution < 1.29 is 4.74 Å². The molecule has 0 amide bonds. The van der Waals surface area contributed by atoms with Crippen LogP contribution in [0.25, 0.3) is 0 Å². The van der Waals surface area contributed by atoms with E-state index in [2.05, 4.69) is 38.3 Å². The third kappa shape index (κ3) is 3.83. The summed E-state index contributed by atoms with van der Waals surface area (Å²) in [5.41, 5.74) is 0.362. The summed E-state index contributed by atoms with van der Waals surface area (Å²) in [4.78, 5) is 14.4. The van der Waals surface area contributed by atoms with Crippen molar-refractivity contribution in [3.8, 4) is 0 Å². The van der Waals surface area contributed by atoms with Crippen molar-refractivity contribution in [2.24, 2.45) is 16.3 Å². The van der Waals surface area contributed by atoms with Gasteiger partial charge in [-0.3, -0.25) is 4.99 Å². The van der Waals surface area contributed by atoms with E-state index < -0.39 is 0 Å². The first-order valence-electron chi connectivity index (χ1n) is 11.5. The molecule has 3 atom stereocenters. The van der Waals surface area contributed by atoms with Crippen LogP contribution in [0.3, 0.4) is 0 Å². The highest BCUT2D eigenvalue weighted by Gasteiger charge is 2.65. The number of nitrogens with zero attached hydrogens (tertiary/aromatic N) is 5. The van der Waals surface area contributed by atoms with Gasteiger partial charge in [-0.15, -0.1) is 24.0 Å². The molecule has 0 bridgehead atoms. The van der Waals surface area contributed by atoms with Crippen molar-refractivity contribution >= 4 is 46.6 Å². The Balaban J connectivity index is 0.00000218. The van der Waals surface area contributed by atoms with Gasteiger partial charge < -0.3 is 19.9 Å². The fourth-order valence-corrected chi connectivity index (χ4v) is 6.86. The number of fused-ring (bicyclic) bond motifs is 2. The van der Waals surface area contributed by atoms with Crippen molar-refractivity contribution in [1.29, 1.82) is 0 Å². The maximum absolute atomic E-state index is 6.17. The fraction of sp³-hybridized carbons (Fsp3) is 0.857. The van der Waals surface area contributed by atoms with Gasteiger partial charge >= 0.3 is 0 Å². The molecule has 2 saturated heterocycles. The first-order valence-corrected chi connectivity index (χ1v) is 12.3. The third-order valence-corrected chi connectivity index (χ3v) is 8.32. The van der Waals surface area contributed by atoms with Gasteiger partial charge in [-0.25, -0.2) is 4.98 Å². The van der Waals surface area contributed by atoms with Crippen LogP contribution < -0.4 is 10.2 Å². The third-order valence-electron chi connectivity index (χ3n) is 7.50. The molecule has 1 spiro atoms. The van der Waals surface area contributed by atoms with E-state index in [0.29, 0.717) is 23.5 Å². The second kappa shape index (κ2) is 9.44. The minimum atomic E-state index is 0. The highest BCUT2D eigenvalue weighted by atomic mass is 127. The zero-order chi connectivity index (χ0) is 19.8. The number of aryl methyl sites for hydroxylation is 1. The number of anilines is 1. The van der Waals surface area contributed by atoms with Gasteiger partial charge in [-0.1, -0.05) is 19.8 Å². The SMILES string of the molecule is CCN=C(NC1C2CCOC2C12CCCC2)N1CCN(c2nc(CC)ns2)CC1.I. The summed E-state index contributed by atoms with van der Waals surface area (Å²) < 4.78 is 10.6. The van der Waals surface area contributed by atoms with E-state index in [1.807, 2.05) is 0 Å². The van der Waals surface area contributed by atoms with Crippen LogP contribution in [0.2, 0.25) is 0 Å². The molecule has 1 N–H and O–H groups in total. The molecule has 168 valence electrons. The summed E-state index contributed by atoms with van der Waals surface area (Å²) in [6.45, 7) is 9.94. The summed E-state index contributed by atoms with van der Waals surface area (Å²) in [6.07, 6.45) is 7.94. The minimum Gasteiger partial charge on any atom is -0.377 e. The number of nitrogens with one attached hydrogen (secondary N) is 1. The van der Waals surface area contributed by atoms with Gasteiger partial charge in [0.05, 0.1) is 6.10 Å². The van der Waals surface area contributed by atoms with Crippen LogP contribution in [-0.2, 0) is 11.2 Å². The van der Waals surface area contributed by atoms with Crippen molar-refractivity contribution in [2.75, 3.05) is 44.2 Å². The molecular formula is C21H35IN6OS. The average Bonchev–Trinajstić information content (AvgIpc) is 3.51. The Morgan fingerprint density at radius 1 is 1.23 bits per heavy atom. The smallest absolute Gasteiger partial charge is 0.205 e. The van der Waals surface area contributed by atoms with Crippen LogP contribution in [0.4, 0.5) is 5.13 Å². The van der Waals surface area contributed by atoms with E-state index in [1.54, 1.807) is 0 Å². The normalized spacial score (nSPS) is 30.2. The first-order chi connectivity index (χ1) is 14.2. The Hall–Kier alpha value is -0.680. The molecule has 3 heterocycles. The molecule has 2 saturated carbocycles. The van der Waals surface area contributed by atoms with E-state index in [-0.39, 0.29) is 24.0 Å². The minimum absolute atomic E-state index is 0. The van der Waals surface area contributed by atoms with E-state index in [9.17, 15) is 0 Å². The number of piperazine rings is 1. The molecule has 9 heteroatoms. The van der Waals surface area contributed by atoms with Crippen molar-refractivity contribution in [1.82, 2.24) is 19.6 Å². The molecule has 4 fully saturated rings. The molecule has 7 nitrogen and oxygen atoms in total. The van der Waals surface area contributed by atoms with Crippen LogP contribution in [0, 0.1) is 11.3 Å². The van der Waals surface area contributed by atoms with Crippen molar-refractivity contribution in [3.63, 3.8) is 0 Å². The molecule has 1 aromatic heterocycles. The lowest BCUT2D eigenvalue weighted by atomic mass is 9.54. The molecule has 5 rings (SSSR count). The highest BCUT2D eigenvalue weighted by molar-refractivity contribution is 14.0. The average molecular weight is 547 g/mol. The van der Waals surface area contributed by atoms with E-state index in [1.165, 1.54) is 43.6 Å². The second-order valence-electron chi connectivity index (χ2n) is 8.92. The maximum Gasteiger partial charge on any atom is 0.205 e. The van der Waals surface area contributed by atoms with Gasteiger partial charge in [0.1, 0.15) is 5.82 Å². The lowest BCUT2D eigenvalue weighted by Gasteiger charge is -2.57. The van der Waals surface area contributed by atoms with Crippen LogP contribution in [-0.4, -0.2) is 71.7 Å². The monoisotopic (exact) mass is 546 g/mol. The molecule has 2 aliphatic heterocycles. The number of guanidine groups is 1. The number of aliphatic imine (C=N–C) groups is 1. The number of aromatic nitrogens is 2. The Bertz CT molecular complexity index is 744. The summed E-state index contributed by atoms with van der Waals surface area (Å²) in [5, 5.41) is 5.02. The van der Waals surface area contributed by atoms with Crippen LogP contribution >= 0.6 is 35.5 Å². The van der Waals surface area contributed by atoms with Gasteiger partial charge in [0.25, 0.3) is 0 Å². The molecule has 0 radical (unpaired) electrons. The molecule has 0 aromatic carbocycles. The number of halogens is 1. The van der Waals surface area contributed by atoms with E-state index in [4.69, 9.17) is 9.73 Å². The predicted molar refractivity (Wildman–Crippen MR) is 132 cm³/mol. The lowest BCUT2D eigenvalue weighted by molar-refractivity contribution is -0.125. The number of rotatable bonds is 4. The fourth-order valence-electron chi connectivity index (χ4n) is 6.06. The Morgan fingerprint density at radius 2 is 2.00 bits per heavy atom. The Labute approximate surface area is 201 Å². The number of ether oxygens (including phenoxy) is 1. The quantitative estimate of drug-likeness (QED) is 0.356. The largest absolute Gasteiger partial charge is 0.377 e. The second-order valence-corrected chi connectivity index (χ2v) is 9.66. The van der Waals surface area contributed by atoms with E-state index in [0.717, 1.165) is 62.7 Å². The Morgan fingerprint density at radius 3 is 2.67 bits per heavy atom. The number of hydrogen-bond donors (Lipinski definition) is 1. The summed E-state index contributed by atoms with van der Waals surface area (Å²) in [7, 11) is 0. The van der Waals surface area contributed by atoms with Gasteiger partial charge in [-0.05, 0) is 26.2 Å². The topological polar surface area (TPSA) is 65.9 Å². The van der Waals surface area contributed by atoms with Crippen LogP contribution in [0.15, 0.2) is 4.99 Å². The Kier molecular flexibility index (Phi) is 7.08. The molecule has 3 unspecified atom stereocenters. The molecule has 2 aliphatic carbocycles. The molecule has 1 aromatic rings. The van der Waals surface area contributed by atoms with E-state index >= 15 is 0 Å². The lowest BCUT2D eigenvalue weighted by Crippen LogP contribution is -2.70. The van der Waals surface area contributed by atoms with Crippen molar-refractivity contribution in [2.45, 2.75) is 64.5 Å². The highest BCUT2D eigenvalue weighted by Crippen LogP contribution is 2.60. The van der Waals surface area contributed by atoms with Crippen LogP contribution in [0.1, 0.15) is 51.8 Å². The summed E-state index contributed by atoms with van der Waals surface area (Å²) in [5.74, 6) is 2.74. The first kappa shape index (κ1) is 22.5. The van der Waals surface area contributed by atoms with Crippen LogP contribution in [0.5, 0.6) is 0 Å². The number of hydrogen-bond acceptors (Lipinski definition) is 6. The van der Waals surface area contributed by atoms with Gasteiger partial charge in [0.2, 0.25) is 5.13 Å². The molecule has 30 heavy (non-hydrogen) atoms. The summed E-state index contributed by atoms with van der Waals surface area (Å²) >= 11 is 1.53. The van der Waals surface area contributed by atoms with Gasteiger partial charge in [-0.2, -0.15) is 4.37 Å². The zero-order valence-corrected chi connectivity index (χ0v) is 21.3.